The molecule has 0 aliphatic heterocycles. The maximum absolute atomic E-state index is 14.7. The van der Waals surface area contributed by atoms with Gasteiger partial charge in [-0.15, -0.1) is 0 Å². The third-order valence-corrected chi connectivity index (χ3v) is 13.5. The molecule has 87 heavy (non-hydrogen) atoms. The van der Waals surface area contributed by atoms with Gasteiger partial charge in [0.1, 0.15) is 65.6 Å². The Hall–Kier alpha value is -9.49. The number of aromatic amines is 1. The van der Waals surface area contributed by atoms with Gasteiger partial charge in [-0.2, -0.15) is 12.6 Å². The maximum Gasteiger partial charge on any atom is 0.326 e. The fourth-order valence-electron chi connectivity index (χ4n) is 8.51. The molecule has 0 spiro atoms. The number of benzene rings is 3. The highest BCUT2D eigenvalue weighted by atomic mass is 32.1. The Morgan fingerprint density at radius 1 is 0.540 bits per heavy atom. The molecule has 4 rings (SSSR count). The first kappa shape index (κ1) is 70.0. The number of rotatable bonds is 36. The monoisotopic (exact) mass is 1230 g/mol. The second-order valence-electron chi connectivity index (χ2n) is 20.7. The van der Waals surface area contributed by atoms with Gasteiger partial charge in [-0.3, -0.25) is 48.1 Å². The second kappa shape index (κ2) is 35.1. The molecule has 0 aliphatic rings. The number of carboxylic acids is 2. The van der Waals surface area contributed by atoms with E-state index in [0.717, 1.165) is 0 Å². The van der Waals surface area contributed by atoms with Gasteiger partial charge in [0.05, 0.1) is 19.0 Å². The maximum atomic E-state index is 14.7. The lowest BCUT2D eigenvalue weighted by atomic mass is 10.0. The van der Waals surface area contributed by atoms with Gasteiger partial charge in [0.15, 0.2) is 5.96 Å². The molecule has 0 unspecified atom stereocenters. The van der Waals surface area contributed by atoms with Crippen molar-refractivity contribution in [2.75, 3.05) is 18.9 Å². The number of aliphatic hydroxyl groups is 1. The van der Waals surface area contributed by atoms with Gasteiger partial charge in [-0.25, -0.2) is 9.78 Å². The summed E-state index contributed by atoms with van der Waals surface area (Å²) in [5.41, 5.74) is 18.6. The van der Waals surface area contributed by atoms with Crippen LogP contribution in [0.25, 0.3) is 0 Å². The standard InChI is InChI=1S/C56H76N14O16S/c1-29(2)20-43(55(85)86)68-53(83)44(26-71)69-50(80)40(22-31-7-13-35(73)14-8-31)66-54(84)45(27-87)70-51(81)41(23-32-9-15-36(74)16-10-32)65-52(82)42(24-33-25-60-28-62-33)67-48(78)38(4-3-19-61-56(58)59)63-49(79)39(21-30-5-11-34(72)12-6-30)64-47(77)37(57)17-18-46(75)76/h5-16,25,28-29,37-45,71-74,87H,3-4,17-24,26-27,57H2,1-2H3,(H,60,62)(H,63,79)(H,64,77)(H,65,82)(H,66,84)(H,67,78)(H,68,83)(H,69,80)(H,70,81)(H,75,76)(H,85,86)(H4,58,59,61)/t37-,38-,39-,40-,41-,42-,43-,44-,45-/m0/s1. The minimum atomic E-state index is -1.70. The molecule has 4 aromatic rings. The number of hydrogen-bond acceptors (Lipinski definition) is 18. The number of aromatic nitrogens is 2. The van der Waals surface area contributed by atoms with E-state index in [0.29, 0.717) is 22.4 Å². The molecule has 8 amide bonds. The lowest BCUT2D eigenvalue weighted by molar-refractivity contribution is -0.143. The number of H-pyrrole nitrogens is 1. The molecule has 31 heteroatoms. The third kappa shape index (κ3) is 24.6. The summed E-state index contributed by atoms with van der Waals surface area (Å²) in [5, 5.41) is 79.0. The largest absolute Gasteiger partial charge is 0.508 e. The highest BCUT2D eigenvalue weighted by Gasteiger charge is 2.36. The number of thiol groups is 1. The van der Waals surface area contributed by atoms with Crippen LogP contribution >= 0.6 is 12.6 Å². The Labute approximate surface area is 505 Å². The molecule has 0 aliphatic carbocycles. The van der Waals surface area contributed by atoms with E-state index in [1.165, 1.54) is 85.3 Å². The zero-order chi connectivity index (χ0) is 64.3. The van der Waals surface area contributed by atoms with Crippen molar-refractivity contribution in [3.8, 4) is 17.2 Å². The fraction of sp³-hybridized carbons (Fsp3) is 0.429. The second-order valence-corrected chi connectivity index (χ2v) is 21.1. The van der Waals surface area contributed by atoms with Crippen LogP contribution in [-0.4, -0.2) is 179 Å². The average Bonchev–Trinajstić information content (AvgIpc) is 3.24. The van der Waals surface area contributed by atoms with Crippen LogP contribution in [0.1, 0.15) is 68.3 Å². The van der Waals surface area contributed by atoms with Crippen molar-refractivity contribution in [2.45, 2.75) is 126 Å². The first-order chi connectivity index (χ1) is 41.2. The predicted octanol–water partition coefficient (Wildman–Crippen LogP) is -3.03. The molecule has 3 aromatic carbocycles. The van der Waals surface area contributed by atoms with Crippen LogP contribution in [-0.2, 0) is 73.6 Å². The minimum Gasteiger partial charge on any atom is -0.508 e. The van der Waals surface area contributed by atoms with Crippen LogP contribution in [0.2, 0.25) is 0 Å². The van der Waals surface area contributed by atoms with Crippen LogP contribution in [0, 0.1) is 5.92 Å². The summed E-state index contributed by atoms with van der Waals surface area (Å²) in [4.78, 5) is 147. The van der Waals surface area contributed by atoms with Crippen LogP contribution in [0.15, 0.2) is 90.3 Å². The molecule has 0 saturated carbocycles. The summed E-state index contributed by atoms with van der Waals surface area (Å²) in [5.74, 6) is -11.7. The first-order valence-electron chi connectivity index (χ1n) is 27.5. The number of carboxylic acid groups (broad SMARTS) is 2. The highest BCUT2D eigenvalue weighted by molar-refractivity contribution is 7.80. The van der Waals surface area contributed by atoms with Crippen molar-refractivity contribution in [1.82, 2.24) is 52.5 Å². The topological polar surface area (TPSA) is 507 Å². The summed E-state index contributed by atoms with van der Waals surface area (Å²) in [6.45, 7) is 2.43. The lowest BCUT2D eigenvalue weighted by Crippen LogP contribution is -2.61. The number of carbonyl (C=O) groups excluding carboxylic acids is 8. The molecular formula is C56H76N14O16S. The number of aliphatic imine (C=N–C) groups is 1. The van der Waals surface area contributed by atoms with E-state index < -0.39 is 132 Å². The Kier molecular flexibility index (Phi) is 28.2. The smallest absolute Gasteiger partial charge is 0.326 e. The number of imidazole rings is 1. The van der Waals surface area contributed by atoms with Gasteiger partial charge in [0.2, 0.25) is 47.3 Å². The number of carbonyl (C=O) groups is 10. The number of nitrogens with zero attached hydrogens (tertiary/aromatic N) is 2. The van der Waals surface area contributed by atoms with Crippen LogP contribution in [0.5, 0.6) is 17.2 Å². The molecule has 0 fully saturated rings. The van der Waals surface area contributed by atoms with Gasteiger partial charge in [0.25, 0.3) is 0 Å². The van der Waals surface area contributed by atoms with E-state index >= 15 is 0 Å². The number of phenols is 3. The Balaban J connectivity index is 1.66. The van der Waals surface area contributed by atoms with Crippen molar-refractivity contribution in [3.05, 3.63) is 108 Å². The molecule has 1 heterocycles. The average molecular weight is 1230 g/mol. The van der Waals surface area contributed by atoms with Crippen molar-refractivity contribution >= 4 is 77.8 Å². The molecule has 0 saturated heterocycles. The van der Waals surface area contributed by atoms with Crippen molar-refractivity contribution in [2.24, 2.45) is 28.1 Å². The van der Waals surface area contributed by atoms with E-state index in [4.69, 9.17) is 17.2 Å². The number of aromatic hydroxyl groups is 3. The van der Waals surface area contributed by atoms with E-state index in [9.17, 15) is 78.6 Å². The molecule has 30 nitrogen and oxygen atoms in total. The summed E-state index contributed by atoms with van der Waals surface area (Å²) in [6.07, 6.45) is 0.685. The fourth-order valence-corrected chi connectivity index (χ4v) is 8.76. The van der Waals surface area contributed by atoms with E-state index in [1.807, 2.05) is 0 Å². The van der Waals surface area contributed by atoms with Gasteiger partial charge < -0.3 is 95.4 Å². The van der Waals surface area contributed by atoms with Crippen LogP contribution in [0.4, 0.5) is 0 Å². The van der Waals surface area contributed by atoms with Gasteiger partial charge in [-0.05, 0) is 84.7 Å². The molecule has 9 atom stereocenters. The zero-order valence-electron chi connectivity index (χ0n) is 47.7. The van der Waals surface area contributed by atoms with E-state index in [1.54, 1.807) is 13.8 Å². The van der Waals surface area contributed by atoms with Crippen molar-refractivity contribution in [3.63, 3.8) is 0 Å². The normalized spacial score (nSPS) is 14.1. The molecule has 21 N–H and O–H groups in total. The Bertz CT molecular complexity index is 2990. The number of aliphatic carboxylic acids is 2. The minimum absolute atomic E-state index is 0.0189. The molecule has 1 aromatic heterocycles. The van der Waals surface area contributed by atoms with Gasteiger partial charge >= 0.3 is 11.9 Å². The molecule has 472 valence electrons. The first-order valence-corrected chi connectivity index (χ1v) is 28.1. The number of nitrogens with one attached hydrogen (secondary N) is 9. The number of aliphatic hydroxyl groups excluding tert-OH is 1. The Morgan fingerprint density at radius 3 is 1.31 bits per heavy atom. The zero-order valence-corrected chi connectivity index (χ0v) is 48.6. The van der Waals surface area contributed by atoms with Crippen molar-refractivity contribution < 1.29 is 78.6 Å². The number of hydrogen-bond donors (Lipinski definition) is 19. The molecule has 0 radical (unpaired) electrons. The number of amides is 8. The number of phenolic OH excluding ortho intramolecular Hbond substituents is 3. The summed E-state index contributed by atoms with van der Waals surface area (Å²) >= 11 is 4.30. The summed E-state index contributed by atoms with van der Waals surface area (Å²) in [6, 6.07) is 2.94. The van der Waals surface area contributed by atoms with E-state index in [2.05, 4.69) is 70.1 Å². The SMILES string of the molecule is CC(C)C[C@H](NC(=O)[C@H](CO)NC(=O)[C@H](Cc1ccc(O)cc1)NC(=O)[C@H](CS)NC(=O)[C@H](Cc1ccc(O)cc1)NC(=O)[C@H](Cc1cnc[nH]1)NC(=O)[C@H](CCCN=C(N)N)NC(=O)[C@H](Cc1ccc(O)cc1)NC(=O)[C@@H](N)CCC(=O)O)C(=O)O. The summed E-state index contributed by atoms with van der Waals surface area (Å²) < 4.78 is 0. The van der Waals surface area contributed by atoms with Crippen LogP contribution in [0.3, 0.4) is 0 Å². The van der Waals surface area contributed by atoms with Gasteiger partial charge in [0, 0.05) is 56.3 Å². The number of guanidine groups is 1. The highest BCUT2D eigenvalue weighted by Crippen LogP contribution is 2.16. The lowest BCUT2D eigenvalue weighted by Gasteiger charge is -2.28. The third-order valence-electron chi connectivity index (χ3n) is 13.2. The van der Waals surface area contributed by atoms with Crippen LogP contribution < -0.4 is 59.7 Å². The predicted molar refractivity (Wildman–Crippen MR) is 316 cm³/mol. The van der Waals surface area contributed by atoms with E-state index in [-0.39, 0.29) is 87.0 Å². The van der Waals surface area contributed by atoms with Crippen molar-refractivity contribution in [1.29, 1.82) is 0 Å². The Morgan fingerprint density at radius 2 is 0.920 bits per heavy atom. The molecular weight excluding hydrogens is 1160 g/mol. The summed E-state index contributed by atoms with van der Waals surface area (Å²) in [7, 11) is 0. The number of nitrogens with two attached hydrogens (primary N) is 3. The van der Waals surface area contributed by atoms with Gasteiger partial charge in [-0.1, -0.05) is 50.2 Å². The molecule has 0 bridgehead atoms. The quantitative estimate of drug-likeness (QED) is 0.00932.